The fraction of sp³-hybridized carbons (Fsp3) is 0.207. The van der Waals surface area contributed by atoms with Gasteiger partial charge >= 0.3 is 0 Å². The van der Waals surface area contributed by atoms with E-state index in [9.17, 15) is 9.59 Å². The topological polar surface area (TPSA) is 97.7 Å². The molecule has 8 heteroatoms. The van der Waals surface area contributed by atoms with Gasteiger partial charge in [0.15, 0.2) is 17.2 Å². The van der Waals surface area contributed by atoms with E-state index in [1.807, 2.05) is 74.5 Å². The monoisotopic (exact) mass is 494 g/mol. The molecule has 0 saturated heterocycles. The summed E-state index contributed by atoms with van der Waals surface area (Å²) in [5, 5.41) is 9.77. The zero-order valence-corrected chi connectivity index (χ0v) is 20.8. The number of nitrogens with zero attached hydrogens (tertiary/aromatic N) is 2. The Hall–Kier alpha value is -4.59. The van der Waals surface area contributed by atoms with Crippen LogP contribution in [0.2, 0.25) is 0 Å². The first kappa shape index (κ1) is 22.8. The summed E-state index contributed by atoms with van der Waals surface area (Å²) in [6.45, 7) is 6.54. The molecule has 1 aliphatic heterocycles. The van der Waals surface area contributed by atoms with E-state index in [0.717, 1.165) is 27.6 Å². The Morgan fingerprint density at radius 1 is 1.00 bits per heavy atom. The Balaban J connectivity index is 1.34. The van der Waals surface area contributed by atoms with Gasteiger partial charge in [-0.1, -0.05) is 42.5 Å². The van der Waals surface area contributed by atoms with Crippen LogP contribution in [0.15, 0.2) is 65.5 Å². The molecule has 3 aromatic carbocycles. The van der Waals surface area contributed by atoms with Crippen LogP contribution >= 0.6 is 0 Å². The van der Waals surface area contributed by atoms with Gasteiger partial charge in [0.05, 0.1) is 17.4 Å². The van der Waals surface area contributed by atoms with Crippen LogP contribution in [0.25, 0.3) is 27.5 Å². The molecule has 8 nitrogen and oxygen atoms in total. The van der Waals surface area contributed by atoms with Crippen molar-refractivity contribution >= 4 is 22.2 Å². The number of carbonyl (C=O) groups excluding carboxylic acids is 1. The van der Waals surface area contributed by atoms with Crippen molar-refractivity contribution < 1.29 is 14.3 Å². The minimum atomic E-state index is -0.352. The molecule has 2 N–H and O–H groups in total. The first-order chi connectivity index (χ1) is 17.9. The fourth-order valence-electron chi connectivity index (χ4n) is 4.89. The summed E-state index contributed by atoms with van der Waals surface area (Å²) < 4.78 is 12.8. The number of rotatable bonds is 4. The molecule has 186 valence electrons. The van der Waals surface area contributed by atoms with Gasteiger partial charge in [0, 0.05) is 11.1 Å². The lowest BCUT2D eigenvalue weighted by molar-refractivity contribution is 0.0933. The number of amides is 1. The molecule has 0 spiro atoms. The summed E-state index contributed by atoms with van der Waals surface area (Å²) in [7, 11) is 0. The number of hydrogen-bond acceptors (Lipinski definition) is 5. The molecule has 0 saturated carbocycles. The van der Waals surface area contributed by atoms with Crippen LogP contribution in [0, 0.1) is 13.8 Å². The third kappa shape index (κ3) is 3.91. The van der Waals surface area contributed by atoms with Gasteiger partial charge in [-0.05, 0) is 55.3 Å². The molecule has 0 aliphatic carbocycles. The highest BCUT2D eigenvalue weighted by molar-refractivity contribution is 5.96. The lowest BCUT2D eigenvalue weighted by atomic mass is 10.0. The standard InChI is InChI=1S/C29H26N4O4/c1-16-25(28(34)30-17(2)20-10-11-23-24(15-20)37-13-12-36-23)32-33-18(3)26(31-29(35)27(16)33)22-9-8-19-6-4-5-7-21(19)14-22/h4-11,14-15,17H,12-13H2,1-3H3,(H,30,34)(H,31,35). The zero-order chi connectivity index (χ0) is 25.7. The van der Waals surface area contributed by atoms with Gasteiger partial charge in [-0.2, -0.15) is 5.10 Å². The van der Waals surface area contributed by atoms with Crippen molar-refractivity contribution in [3.05, 3.63) is 93.5 Å². The molecule has 6 rings (SSSR count). The summed E-state index contributed by atoms with van der Waals surface area (Å²) in [4.78, 5) is 29.4. The van der Waals surface area contributed by atoms with Crippen LogP contribution in [0.4, 0.5) is 0 Å². The number of carbonyl (C=O) groups is 1. The van der Waals surface area contributed by atoms with Crippen LogP contribution in [-0.4, -0.2) is 33.7 Å². The first-order valence-electron chi connectivity index (χ1n) is 12.2. The van der Waals surface area contributed by atoms with Crippen molar-refractivity contribution in [3.63, 3.8) is 0 Å². The van der Waals surface area contributed by atoms with E-state index in [1.54, 1.807) is 11.4 Å². The predicted octanol–water partition coefficient (Wildman–Crippen LogP) is 4.72. The molecule has 3 heterocycles. The Morgan fingerprint density at radius 2 is 1.76 bits per heavy atom. The minimum absolute atomic E-state index is 0.216. The lowest BCUT2D eigenvalue weighted by Gasteiger charge is -2.21. The highest BCUT2D eigenvalue weighted by Gasteiger charge is 2.23. The Bertz CT molecular complexity index is 1750. The number of fused-ring (bicyclic) bond motifs is 3. The van der Waals surface area contributed by atoms with E-state index >= 15 is 0 Å². The second-order valence-electron chi connectivity index (χ2n) is 9.31. The summed E-state index contributed by atoms with van der Waals surface area (Å²) in [6, 6.07) is 19.4. The zero-order valence-electron chi connectivity index (χ0n) is 20.8. The van der Waals surface area contributed by atoms with Crippen molar-refractivity contribution in [3.8, 4) is 22.8 Å². The van der Waals surface area contributed by atoms with Crippen molar-refractivity contribution in [2.75, 3.05) is 13.2 Å². The minimum Gasteiger partial charge on any atom is -0.486 e. The van der Waals surface area contributed by atoms with E-state index in [2.05, 4.69) is 15.4 Å². The number of hydrogen-bond donors (Lipinski definition) is 2. The molecular weight excluding hydrogens is 468 g/mol. The third-order valence-corrected chi connectivity index (χ3v) is 6.92. The van der Waals surface area contributed by atoms with E-state index in [4.69, 9.17) is 9.47 Å². The van der Waals surface area contributed by atoms with Crippen LogP contribution in [0.3, 0.4) is 0 Å². The predicted molar refractivity (Wildman–Crippen MR) is 142 cm³/mol. The molecular formula is C29H26N4O4. The smallest absolute Gasteiger partial charge is 0.274 e. The quantitative estimate of drug-likeness (QED) is 0.377. The SMILES string of the molecule is Cc1c(C(=O)NC(C)c2ccc3c(c2)OCCO3)nn2c(C)c(-c3ccc4ccccc4c3)[nH]c(=O)c12. The highest BCUT2D eigenvalue weighted by atomic mass is 16.6. The number of H-pyrrole nitrogens is 1. The van der Waals surface area contributed by atoms with Gasteiger partial charge < -0.3 is 19.8 Å². The van der Waals surface area contributed by atoms with Gasteiger partial charge in [0.1, 0.15) is 18.7 Å². The molecule has 37 heavy (non-hydrogen) atoms. The fourth-order valence-corrected chi connectivity index (χ4v) is 4.89. The van der Waals surface area contributed by atoms with Crippen molar-refractivity contribution in [1.29, 1.82) is 0 Å². The Labute approximate surface area is 212 Å². The summed E-state index contributed by atoms with van der Waals surface area (Å²) in [5.74, 6) is 1.01. The average molecular weight is 495 g/mol. The number of ether oxygens (including phenoxy) is 2. The number of aromatic amines is 1. The normalized spacial score (nSPS) is 13.6. The second-order valence-corrected chi connectivity index (χ2v) is 9.31. The van der Waals surface area contributed by atoms with Gasteiger partial charge in [0.25, 0.3) is 11.5 Å². The number of benzene rings is 3. The molecule has 1 atom stereocenters. The van der Waals surface area contributed by atoms with Gasteiger partial charge in [0.2, 0.25) is 0 Å². The molecule has 1 aliphatic rings. The highest BCUT2D eigenvalue weighted by Crippen LogP contribution is 2.33. The number of nitrogens with one attached hydrogen (secondary N) is 2. The van der Waals surface area contributed by atoms with E-state index in [0.29, 0.717) is 41.5 Å². The first-order valence-corrected chi connectivity index (χ1v) is 12.2. The molecule has 0 bridgehead atoms. The molecule has 1 unspecified atom stereocenters. The molecule has 0 fully saturated rings. The third-order valence-electron chi connectivity index (χ3n) is 6.92. The lowest BCUT2D eigenvalue weighted by Crippen LogP contribution is -2.27. The number of aryl methyl sites for hydroxylation is 2. The van der Waals surface area contributed by atoms with Gasteiger partial charge in [-0.3, -0.25) is 9.59 Å². The van der Waals surface area contributed by atoms with Gasteiger partial charge in [-0.15, -0.1) is 0 Å². The molecule has 0 radical (unpaired) electrons. The second kappa shape index (κ2) is 8.81. The van der Waals surface area contributed by atoms with Crippen molar-refractivity contribution in [2.24, 2.45) is 0 Å². The van der Waals surface area contributed by atoms with E-state index in [1.165, 1.54) is 0 Å². The van der Waals surface area contributed by atoms with Crippen LogP contribution in [-0.2, 0) is 0 Å². The maximum absolute atomic E-state index is 13.3. The largest absolute Gasteiger partial charge is 0.486 e. The van der Waals surface area contributed by atoms with E-state index in [-0.39, 0.29) is 23.2 Å². The summed E-state index contributed by atoms with van der Waals surface area (Å²) >= 11 is 0. The maximum atomic E-state index is 13.3. The van der Waals surface area contributed by atoms with Crippen LogP contribution in [0.1, 0.15) is 40.3 Å². The molecule has 1 amide bonds. The van der Waals surface area contributed by atoms with Crippen LogP contribution < -0.4 is 20.3 Å². The van der Waals surface area contributed by atoms with Crippen molar-refractivity contribution in [1.82, 2.24) is 19.9 Å². The van der Waals surface area contributed by atoms with E-state index < -0.39 is 0 Å². The summed E-state index contributed by atoms with van der Waals surface area (Å²) in [6.07, 6.45) is 0. The summed E-state index contributed by atoms with van der Waals surface area (Å²) in [5.41, 5.74) is 3.98. The van der Waals surface area contributed by atoms with Gasteiger partial charge in [-0.25, -0.2) is 4.52 Å². The Morgan fingerprint density at radius 3 is 2.57 bits per heavy atom. The molecule has 5 aromatic rings. The maximum Gasteiger partial charge on any atom is 0.274 e. The van der Waals surface area contributed by atoms with Crippen molar-refractivity contribution in [2.45, 2.75) is 26.8 Å². The van der Waals surface area contributed by atoms with Crippen LogP contribution in [0.5, 0.6) is 11.5 Å². The molecule has 2 aromatic heterocycles. The number of aromatic nitrogens is 3. The average Bonchev–Trinajstić information content (AvgIpc) is 3.28. The Kier molecular flexibility index (Phi) is 5.44.